The van der Waals surface area contributed by atoms with E-state index >= 15 is 0 Å². The molecule has 2 rings (SSSR count). The Morgan fingerprint density at radius 2 is 1.90 bits per heavy atom. The molecule has 21 heavy (non-hydrogen) atoms. The fraction of sp³-hybridized carbons (Fsp3) is 0.533. The minimum atomic E-state index is -2.82. The number of piperidine rings is 1. The molecular weight excluding hydrogens is 278 g/mol. The summed E-state index contributed by atoms with van der Waals surface area (Å²) in [6.45, 7) is -1.37. The molecule has 4 nitrogen and oxygen atoms in total. The molecule has 6 heteroatoms. The van der Waals surface area contributed by atoms with Crippen LogP contribution in [0.5, 0.6) is 5.75 Å². The van der Waals surface area contributed by atoms with Gasteiger partial charge in [-0.3, -0.25) is 4.79 Å². The van der Waals surface area contributed by atoms with Crippen molar-refractivity contribution in [1.82, 2.24) is 4.90 Å². The van der Waals surface area contributed by atoms with Crippen molar-refractivity contribution in [2.45, 2.75) is 38.3 Å². The minimum Gasteiger partial charge on any atom is -0.435 e. The lowest BCUT2D eigenvalue weighted by atomic mass is 10.0. The standard InChI is InChI=1S/C15H20F2N2O2/c16-15(17)21-13-4-1-11(2-5-13)3-6-14(20)19-9-7-12(18)8-10-19/h1-2,4-5,12,15H,3,6-10,18H2. The Kier molecular flexibility index (Phi) is 5.50. The van der Waals surface area contributed by atoms with Gasteiger partial charge in [0.25, 0.3) is 0 Å². The Morgan fingerprint density at radius 3 is 2.48 bits per heavy atom. The van der Waals surface area contributed by atoms with Crippen molar-refractivity contribution in [3.63, 3.8) is 0 Å². The van der Waals surface area contributed by atoms with E-state index in [1.54, 1.807) is 12.1 Å². The molecular formula is C15H20F2N2O2. The van der Waals surface area contributed by atoms with Crippen LogP contribution >= 0.6 is 0 Å². The first-order valence-corrected chi connectivity index (χ1v) is 7.11. The van der Waals surface area contributed by atoms with Crippen LogP contribution in [0.15, 0.2) is 24.3 Å². The molecule has 0 unspecified atom stereocenters. The van der Waals surface area contributed by atoms with Gasteiger partial charge in [-0.15, -0.1) is 0 Å². The number of nitrogens with zero attached hydrogens (tertiary/aromatic N) is 1. The first kappa shape index (κ1) is 15.7. The highest BCUT2D eigenvalue weighted by molar-refractivity contribution is 5.76. The van der Waals surface area contributed by atoms with Gasteiger partial charge < -0.3 is 15.4 Å². The topological polar surface area (TPSA) is 55.6 Å². The van der Waals surface area contributed by atoms with E-state index in [1.165, 1.54) is 12.1 Å². The van der Waals surface area contributed by atoms with Gasteiger partial charge in [-0.1, -0.05) is 12.1 Å². The van der Waals surface area contributed by atoms with Gasteiger partial charge in [0.2, 0.25) is 5.91 Å². The number of benzene rings is 1. The SMILES string of the molecule is NC1CCN(C(=O)CCc2ccc(OC(F)F)cc2)CC1. The summed E-state index contributed by atoms with van der Waals surface area (Å²) in [5.74, 6) is 0.250. The van der Waals surface area contributed by atoms with Crippen LogP contribution in [0.25, 0.3) is 0 Å². The van der Waals surface area contributed by atoms with Gasteiger partial charge in [-0.2, -0.15) is 8.78 Å². The second-order valence-corrected chi connectivity index (χ2v) is 5.24. The number of likely N-dealkylation sites (tertiary alicyclic amines) is 1. The molecule has 0 spiro atoms. The monoisotopic (exact) mass is 298 g/mol. The van der Waals surface area contributed by atoms with E-state index < -0.39 is 6.61 Å². The number of halogens is 2. The third kappa shape index (κ3) is 4.97. The summed E-state index contributed by atoms with van der Waals surface area (Å²) in [7, 11) is 0. The summed E-state index contributed by atoms with van der Waals surface area (Å²) in [4.78, 5) is 13.9. The highest BCUT2D eigenvalue weighted by Gasteiger charge is 2.20. The van der Waals surface area contributed by atoms with Crippen molar-refractivity contribution in [1.29, 1.82) is 0 Å². The first-order chi connectivity index (χ1) is 10.0. The predicted octanol–water partition coefficient (Wildman–Crippen LogP) is 2.17. The van der Waals surface area contributed by atoms with Gasteiger partial charge in [-0.05, 0) is 37.0 Å². The Bertz CT molecular complexity index is 457. The van der Waals surface area contributed by atoms with Gasteiger partial charge in [-0.25, -0.2) is 0 Å². The number of aryl methyl sites for hydroxylation is 1. The third-order valence-electron chi connectivity index (χ3n) is 3.67. The summed E-state index contributed by atoms with van der Waals surface area (Å²) in [6.07, 6.45) is 2.72. The average Bonchev–Trinajstić information content (AvgIpc) is 2.46. The van der Waals surface area contributed by atoms with E-state index in [0.29, 0.717) is 12.8 Å². The molecule has 1 saturated heterocycles. The van der Waals surface area contributed by atoms with Crippen molar-refractivity contribution >= 4 is 5.91 Å². The molecule has 1 aromatic carbocycles. The zero-order valence-corrected chi connectivity index (χ0v) is 11.8. The molecule has 2 N–H and O–H groups in total. The zero-order chi connectivity index (χ0) is 15.2. The average molecular weight is 298 g/mol. The third-order valence-corrected chi connectivity index (χ3v) is 3.67. The number of carbonyl (C=O) groups excluding carboxylic acids is 1. The van der Waals surface area contributed by atoms with Crippen LogP contribution in [0, 0.1) is 0 Å². The molecule has 1 aliphatic heterocycles. The van der Waals surface area contributed by atoms with Crippen LogP contribution in [0.2, 0.25) is 0 Å². The van der Waals surface area contributed by atoms with Crippen LogP contribution in [-0.2, 0) is 11.2 Å². The van der Waals surface area contributed by atoms with Crippen LogP contribution in [-0.4, -0.2) is 36.5 Å². The van der Waals surface area contributed by atoms with Crippen molar-refractivity contribution in [2.75, 3.05) is 13.1 Å². The molecule has 1 amide bonds. The normalized spacial score (nSPS) is 16.3. The maximum absolute atomic E-state index is 12.1. The highest BCUT2D eigenvalue weighted by atomic mass is 19.3. The van der Waals surface area contributed by atoms with Crippen LogP contribution < -0.4 is 10.5 Å². The Labute approximate surface area is 122 Å². The minimum absolute atomic E-state index is 0.120. The van der Waals surface area contributed by atoms with Gasteiger partial charge >= 0.3 is 6.61 Å². The van der Waals surface area contributed by atoms with Crippen molar-refractivity contribution in [3.8, 4) is 5.75 Å². The molecule has 1 aromatic rings. The molecule has 1 fully saturated rings. The van der Waals surface area contributed by atoms with Crippen molar-refractivity contribution in [2.24, 2.45) is 5.73 Å². The summed E-state index contributed by atoms with van der Waals surface area (Å²) in [5, 5.41) is 0. The quantitative estimate of drug-likeness (QED) is 0.906. The number of rotatable bonds is 5. The molecule has 0 aromatic heterocycles. The lowest BCUT2D eigenvalue weighted by Gasteiger charge is -2.30. The fourth-order valence-electron chi connectivity index (χ4n) is 2.40. The maximum atomic E-state index is 12.1. The van der Waals surface area contributed by atoms with E-state index in [-0.39, 0.29) is 17.7 Å². The molecule has 1 heterocycles. The maximum Gasteiger partial charge on any atom is 0.387 e. The summed E-state index contributed by atoms with van der Waals surface area (Å²) < 4.78 is 28.3. The lowest BCUT2D eigenvalue weighted by Crippen LogP contribution is -2.42. The van der Waals surface area contributed by atoms with Gasteiger partial charge in [0.15, 0.2) is 0 Å². The smallest absolute Gasteiger partial charge is 0.387 e. The second-order valence-electron chi connectivity index (χ2n) is 5.24. The summed E-state index contributed by atoms with van der Waals surface area (Å²) >= 11 is 0. The Morgan fingerprint density at radius 1 is 1.29 bits per heavy atom. The summed E-state index contributed by atoms with van der Waals surface area (Å²) in [5.41, 5.74) is 6.74. The summed E-state index contributed by atoms with van der Waals surface area (Å²) in [6, 6.07) is 6.60. The van der Waals surface area contributed by atoms with Gasteiger partial charge in [0.05, 0.1) is 0 Å². The molecule has 0 aliphatic carbocycles. The van der Waals surface area contributed by atoms with E-state index in [2.05, 4.69) is 4.74 Å². The zero-order valence-electron chi connectivity index (χ0n) is 11.8. The number of carbonyl (C=O) groups is 1. The number of amides is 1. The van der Waals surface area contributed by atoms with Crippen molar-refractivity contribution in [3.05, 3.63) is 29.8 Å². The molecule has 1 aliphatic rings. The molecule has 0 atom stereocenters. The van der Waals surface area contributed by atoms with Crippen LogP contribution in [0.4, 0.5) is 8.78 Å². The highest BCUT2D eigenvalue weighted by Crippen LogP contribution is 2.16. The Balaban J connectivity index is 1.78. The van der Waals surface area contributed by atoms with Crippen LogP contribution in [0.3, 0.4) is 0 Å². The van der Waals surface area contributed by atoms with E-state index in [9.17, 15) is 13.6 Å². The molecule has 0 radical (unpaired) electrons. The van der Waals surface area contributed by atoms with E-state index in [0.717, 1.165) is 31.5 Å². The number of hydrogen-bond acceptors (Lipinski definition) is 3. The number of hydrogen-bond donors (Lipinski definition) is 1. The fourth-order valence-corrected chi connectivity index (χ4v) is 2.40. The number of alkyl halides is 2. The predicted molar refractivity (Wildman–Crippen MR) is 75.2 cm³/mol. The van der Waals surface area contributed by atoms with Crippen molar-refractivity contribution < 1.29 is 18.3 Å². The van der Waals surface area contributed by atoms with Gasteiger partial charge in [0, 0.05) is 25.6 Å². The molecule has 0 bridgehead atoms. The van der Waals surface area contributed by atoms with Gasteiger partial charge in [0.1, 0.15) is 5.75 Å². The molecule has 116 valence electrons. The second kappa shape index (κ2) is 7.36. The number of ether oxygens (including phenoxy) is 1. The van der Waals surface area contributed by atoms with E-state index in [1.807, 2.05) is 4.90 Å². The number of nitrogens with two attached hydrogens (primary N) is 1. The largest absolute Gasteiger partial charge is 0.435 e. The first-order valence-electron chi connectivity index (χ1n) is 7.11. The lowest BCUT2D eigenvalue weighted by molar-refractivity contribution is -0.132. The molecule has 0 saturated carbocycles. The Hall–Kier alpha value is -1.69. The van der Waals surface area contributed by atoms with Crippen LogP contribution in [0.1, 0.15) is 24.8 Å². The van der Waals surface area contributed by atoms with E-state index in [4.69, 9.17) is 5.73 Å².